The molecule has 0 heteroatoms. The molecule has 25 heavy (non-hydrogen) atoms. The Kier molecular flexibility index (Phi) is 3.38. The fourth-order valence-corrected chi connectivity index (χ4v) is 4.38. The Morgan fingerprint density at radius 2 is 1.36 bits per heavy atom. The minimum absolute atomic E-state index is 1.19. The molecule has 0 fully saturated rings. The van der Waals surface area contributed by atoms with Crippen LogP contribution in [0, 0.1) is 0 Å². The van der Waals surface area contributed by atoms with E-state index in [0.717, 1.165) is 0 Å². The molecule has 0 amide bonds. The zero-order chi connectivity index (χ0) is 16.8. The number of unbranched alkanes of at least 4 members (excludes halogenated alkanes) is 2. The fourth-order valence-electron chi connectivity index (χ4n) is 4.38. The van der Waals surface area contributed by atoms with Crippen molar-refractivity contribution in [1.82, 2.24) is 0 Å². The van der Waals surface area contributed by atoms with Gasteiger partial charge >= 0.3 is 0 Å². The van der Waals surface area contributed by atoms with E-state index >= 15 is 0 Å². The van der Waals surface area contributed by atoms with E-state index in [2.05, 4.69) is 73.7 Å². The Bertz CT molecular complexity index is 990. The number of hydrogen-bond donors (Lipinski definition) is 0. The van der Waals surface area contributed by atoms with E-state index in [4.69, 9.17) is 0 Å². The van der Waals surface area contributed by atoms with Crippen molar-refractivity contribution >= 4 is 11.1 Å². The van der Waals surface area contributed by atoms with Crippen molar-refractivity contribution in [1.29, 1.82) is 0 Å². The smallest absolute Gasteiger partial charge is 0.00140 e. The van der Waals surface area contributed by atoms with Gasteiger partial charge in [0.2, 0.25) is 0 Å². The van der Waals surface area contributed by atoms with Gasteiger partial charge in [0, 0.05) is 0 Å². The van der Waals surface area contributed by atoms with E-state index in [1.54, 1.807) is 0 Å². The second-order valence-corrected chi connectivity index (χ2v) is 7.21. The highest BCUT2D eigenvalue weighted by Crippen LogP contribution is 2.53. The molecule has 0 saturated carbocycles. The van der Waals surface area contributed by atoms with Gasteiger partial charge in [-0.3, -0.25) is 0 Å². The van der Waals surface area contributed by atoms with E-state index in [9.17, 15) is 0 Å². The summed E-state index contributed by atoms with van der Waals surface area (Å²) in [6.45, 7) is 2.27. The summed E-state index contributed by atoms with van der Waals surface area (Å²) in [4.78, 5) is 0. The number of rotatable bonds is 5. The highest BCUT2D eigenvalue weighted by atomic mass is 14.3. The summed E-state index contributed by atoms with van der Waals surface area (Å²) < 4.78 is 0. The topological polar surface area (TPSA) is 0 Å². The minimum atomic E-state index is 1.19. The van der Waals surface area contributed by atoms with Crippen LogP contribution in [0.25, 0.3) is 22.3 Å². The Labute approximate surface area is 149 Å². The SMILES string of the molecule is CCCCCc1ccc2c(c1)C1=C(c3ccccc3)c3ccc-2c1c3. The number of benzene rings is 3. The molecule has 0 N–H and O–H groups in total. The lowest BCUT2D eigenvalue weighted by molar-refractivity contribution is 0.717. The maximum Gasteiger partial charge on any atom is -0.00140 e. The summed E-state index contributed by atoms with van der Waals surface area (Å²) >= 11 is 0. The first kappa shape index (κ1) is 14.7. The van der Waals surface area contributed by atoms with Crippen LogP contribution >= 0.6 is 0 Å². The van der Waals surface area contributed by atoms with Gasteiger partial charge in [-0.1, -0.05) is 80.4 Å². The molecule has 0 saturated heterocycles. The van der Waals surface area contributed by atoms with Crippen molar-refractivity contribution in [2.24, 2.45) is 0 Å². The number of hydrogen-bond acceptors (Lipinski definition) is 0. The summed E-state index contributed by atoms with van der Waals surface area (Å²) in [5, 5.41) is 0. The number of fused-ring (bicyclic) bond motifs is 4. The summed E-state index contributed by atoms with van der Waals surface area (Å²) in [6, 6.07) is 24.9. The van der Waals surface area contributed by atoms with Gasteiger partial charge in [0.1, 0.15) is 0 Å². The van der Waals surface area contributed by atoms with E-state index in [-0.39, 0.29) is 0 Å². The molecule has 0 spiro atoms. The van der Waals surface area contributed by atoms with Gasteiger partial charge in [-0.05, 0) is 69.0 Å². The summed E-state index contributed by atoms with van der Waals surface area (Å²) in [5.41, 5.74) is 12.7. The number of aryl methyl sites for hydroxylation is 1. The molecule has 0 atom stereocenters. The van der Waals surface area contributed by atoms with Crippen LogP contribution in [0.1, 0.15) is 54.0 Å². The summed E-state index contributed by atoms with van der Waals surface area (Å²) in [6.07, 6.45) is 5.08. The van der Waals surface area contributed by atoms with E-state index in [1.807, 2.05) is 0 Å². The Morgan fingerprint density at radius 1 is 0.600 bits per heavy atom. The lowest BCUT2D eigenvalue weighted by atomic mass is 9.92. The Morgan fingerprint density at radius 3 is 2.16 bits per heavy atom. The van der Waals surface area contributed by atoms with E-state index in [0.29, 0.717) is 0 Å². The lowest BCUT2D eigenvalue weighted by Gasteiger charge is -2.12. The van der Waals surface area contributed by atoms with Crippen LogP contribution in [0.3, 0.4) is 0 Å². The van der Waals surface area contributed by atoms with Crippen molar-refractivity contribution in [3.05, 3.63) is 94.5 Å². The van der Waals surface area contributed by atoms with Crippen LogP contribution in [0.15, 0.2) is 66.7 Å². The molecule has 5 rings (SSSR count). The molecule has 3 aromatic carbocycles. The molecular weight excluding hydrogens is 300 g/mol. The zero-order valence-corrected chi connectivity index (χ0v) is 14.7. The van der Waals surface area contributed by atoms with Crippen LogP contribution in [-0.4, -0.2) is 0 Å². The fraction of sp³-hybridized carbons (Fsp3) is 0.200. The van der Waals surface area contributed by atoms with Gasteiger partial charge in [0.25, 0.3) is 0 Å². The third-order valence-electron chi connectivity index (χ3n) is 5.60. The van der Waals surface area contributed by atoms with Crippen molar-refractivity contribution in [2.45, 2.75) is 32.6 Å². The van der Waals surface area contributed by atoms with Crippen LogP contribution in [0.2, 0.25) is 0 Å². The van der Waals surface area contributed by atoms with Gasteiger partial charge in [0.15, 0.2) is 0 Å². The highest BCUT2D eigenvalue weighted by molar-refractivity contribution is 6.17. The molecule has 0 unspecified atom stereocenters. The largest absolute Gasteiger partial charge is 0.0654 e. The quantitative estimate of drug-likeness (QED) is 0.315. The first-order valence-corrected chi connectivity index (χ1v) is 9.45. The van der Waals surface area contributed by atoms with Crippen molar-refractivity contribution in [3.63, 3.8) is 0 Å². The molecule has 0 nitrogen and oxygen atoms in total. The second kappa shape index (κ2) is 5.74. The molecule has 0 heterocycles. The average molecular weight is 322 g/mol. The van der Waals surface area contributed by atoms with E-state index in [1.165, 1.54) is 75.8 Å². The molecule has 3 aromatic rings. The lowest BCUT2D eigenvalue weighted by Crippen LogP contribution is -1.92. The average Bonchev–Trinajstić information content (AvgIpc) is 3.12. The Hall–Kier alpha value is -2.60. The Balaban J connectivity index is 1.67. The molecule has 2 aliphatic carbocycles. The van der Waals surface area contributed by atoms with Crippen LogP contribution in [0.4, 0.5) is 0 Å². The normalized spacial score (nSPS) is 13.5. The third kappa shape index (κ3) is 2.21. The first-order valence-electron chi connectivity index (χ1n) is 9.45. The summed E-state index contributed by atoms with van der Waals surface area (Å²) in [5.74, 6) is 0. The monoisotopic (exact) mass is 322 g/mol. The molecule has 2 bridgehead atoms. The van der Waals surface area contributed by atoms with Gasteiger partial charge in [-0.15, -0.1) is 0 Å². The molecule has 0 aliphatic heterocycles. The third-order valence-corrected chi connectivity index (χ3v) is 5.60. The molecule has 0 radical (unpaired) electrons. The van der Waals surface area contributed by atoms with Crippen LogP contribution in [-0.2, 0) is 6.42 Å². The molecule has 2 aliphatic rings. The van der Waals surface area contributed by atoms with E-state index < -0.39 is 0 Å². The molecular formula is C25H22. The standard InChI is InChI=1S/C25H22/c1-2-3-5-8-17-11-13-20-21-14-12-19-16-23(21)25(22(20)15-17)24(19)18-9-6-4-7-10-18/h4,6-7,9-16H,2-3,5,8H2,1H3. The van der Waals surface area contributed by atoms with Gasteiger partial charge in [-0.2, -0.15) is 0 Å². The first-order chi connectivity index (χ1) is 12.4. The predicted octanol–water partition coefficient (Wildman–Crippen LogP) is 6.72. The molecule has 122 valence electrons. The predicted molar refractivity (Wildman–Crippen MR) is 107 cm³/mol. The minimum Gasteiger partial charge on any atom is -0.0654 e. The van der Waals surface area contributed by atoms with Gasteiger partial charge in [0.05, 0.1) is 0 Å². The van der Waals surface area contributed by atoms with Crippen LogP contribution in [0.5, 0.6) is 0 Å². The van der Waals surface area contributed by atoms with Crippen LogP contribution < -0.4 is 0 Å². The van der Waals surface area contributed by atoms with Gasteiger partial charge in [-0.25, -0.2) is 0 Å². The maximum atomic E-state index is 2.45. The molecule has 0 aromatic heterocycles. The van der Waals surface area contributed by atoms with Crippen molar-refractivity contribution < 1.29 is 0 Å². The van der Waals surface area contributed by atoms with Crippen molar-refractivity contribution in [2.75, 3.05) is 0 Å². The van der Waals surface area contributed by atoms with Gasteiger partial charge < -0.3 is 0 Å². The highest BCUT2D eigenvalue weighted by Gasteiger charge is 2.32. The maximum absolute atomic E-state index is 2.45. The zero-order valence-electron chi connectivity index (χ0n) is 14.7. The van der Waals surface area contributed by atoms with Crippen molar-refractivity contribution in [3.8, 4) is 11.1 Å². The second-order valence-electron chi connectivity index (χ2n) is 7.21. The summed E-state index contributed by atoms with van der Waals surface area (Å²) in [7, 11) is 0.